The second-order valence-electron chi connectivity index (χ2n) is 7.52. The molecule has 1 aromatic heterocycles. The van der Waals surface area contributed by atoms with E-state index in [-0.39, 0.29) is 29.3 Å². The highest BCUT2D eigenvalue weighted by Gasteiger charge is 2.29. The number of benzene rings is 1. The van der Waals surface area contributed by atoms with E-state index in [0.717, 1.165) is 11.1 Å². The average molecular weight is 433 g/mol. The summed E-state index contributed by atoms with van der Waals surface area (Å²) in [4.78, 5) is 30.5. The highest BCUT2D eigenvalue weighted by atomic mass is 32.2. The van der Waals surface area contributed by atoms with Gasteiger partial charge in [0.1, 0.15) is 11.5 Å². The van der Waals surface area contributed by atoms with E-state index in [0.29, 0.717) is 49.9 Å². The van der Waals surface area contributed by atoms with Gasteiger partial charge in [-0.2, -0.15) is 0 Å². The molecule has 0 spiro atoms. The normalized spacial score (nSPS) is 15.8. The smallest absolute Gasteiger partial charge is 0.309 e. The van der Waals surface area contributed by atoms with Gasteiger partial charge in [-0.1, -0.05) is 17.7 Å². The molecule has 2 aromatic rings. The summed E-state index contributed by atoms with van der Waals surface area (Å²) < 4.78 is 23.4. The lowest BCUT2D eigenvalue weighted by Gasteiger charge is -2.30. The van der Waals surface area contributed by atoms with E-state index < -0.39 is 10.8 Å². The van der Waals surface area contributed by atoms with Crippen molar-refractivity contribution in [2.24, 2.45) is 5.92 Å². The summed E-state index contributed by atoms with van der Waals surface area (Å²) in [6.07, 6.45) is 1.17. The van der Waals surface area contributed by atoms with Crippen molar-refractivity contribution < 1.29 is 23.0 Å². The topological polar surface area (TPSA) is 89.7 Å². The van der Waals surface area contributed by atoms with Crippen LogP contribution in [-0.2, 0) is 30.9 Å². The number of amides is 1. The largest absolute Gasteiger partial charge is 0.466 e. The molecule has 1 saturated heterocycles. The fourth-order valence-electron chi connectivity index (χ4n) is 3.44. The van der Waals surface area contributed by atoms with Crippen molar-refractivity contribution in [3.63, 3.8) is 0 Å². The minimum atomic E-state index is -1.39. The Kier molecular flexibility index (Phi) is 7.42. The maximum Gasteiger partial charge on any atom is 0.309 e. The Hall–Kier alpha value is -2.48. The van der Waals surface area contributed by atoms with E-state index in [1.807, 2.05) is 31.2 Å². The Morgan fingerprint density at radius 2 is 1.87 bits per heavy atom. The number of rotatable bonds is 7. The molecule has 0 unspecified atom stereocenters. The van der Waals surface area contributed by atoms with Gasteiger partial charge in [0.25, 0.3) is 0 Å². The van der Waals surface area contributed by atoms with Crippen molar-refractivity contribution in [2.75, 3.05) is 25.4 Å². The number of likely N-dealkylation sites (tertiary alicyclic amines) is 1. The number of aryl methyl sites for hydroxylation is 2. The fraction of sp³-hybridized carbons (Fsp3) is 0.500. The van der Waals surface area contributed by atoms with E-state index in [1.165, 1.54) is 0 Å². The number of esters is 1. The number of ether oxygens (including phenoxy) is 1. The zero-order valence-corrected chi connectivity index (χ0v) is 18.5. The van der Waals surface area contributed by atoms with Gasteiger partial charge in [-0.3, -0.25) is 13.8 Å². The summed E-state index contributed by atoms with van der Waals surface area (Å²) in [5, 5.41) is 0. The predicted molar refractivity (Wildman–Crippen MR) is 114 cm³/mol. The molecule has 0 radical (unpaired) electrons. The molecule has 8 heteroatoms. The Morgan fingerprint density at radius 3 is 2.50 bits per heavy atom. The van der Waals surface area contributed by atoms with Crippen LogP contribution in [0, 0.1) is 19.8 Å². The van der Waals surface area contributed by atoms with Crippen LogP contribution < -0.4 is 0 Å². The Balaban J connectivity index is 1.53. The predicted octanol–water partition coefficient (Wildman–Crippen LogP) is 3.01. The van der Waals surface area contributed by atoms with Crippen molar-refractivity contribution in [1.82, 2.24) is 9.88 Å². The molecular weight excluding hydrogens is 404 g/mol. The van der Waals surface area contributed by atoms with E-state index in [9.17, 15) is 13.8 Å². The molecule has 1 amide bonds. The van der Waals surface area contributed by atoms with Crippen LogP contribution in [0.5, 0.6) is 0 Å². The van der Waals surface area contributed by atoms with Crippen LogP contribution in [0.2, 0.25) is 0 Å². The maximum atomic E-state index is 12.6. The van der Waals surface area contributed by atoms with Crippen LogP contribution in [-0.4, -0.2) is 51.4 Å². The molecule has 2 heterocycles. The molecule has 1 fully saturated rings. The van der Waals surface area contributed by atoms with Crippen LogP contribution in [0.1, 0.15) is 36.8 Å². The molecule has 1 atom stereocenters. The van der Waals surface area contributed by atoms with Crippen LogP contribution in [0.15, 0.2) is 28.7 Å². The third-order valence-corrected chi connectivity index (χ3v) is 6.41. The summed E-state index contributed by atoms with van der Waals surface area (Å²) in [6.45, 7) is 6.92. The Bertz CT molecular complexity index is 914. The van der Waals surface area contributed by atoms with Gasteiger partial charge in [-0.05, 0) is 45.7 Å². The molecular formula is C22H28N2O5S. The van der Waals surface area contributed by atoms with Crippen LogP contribution in [0.3, 0.4) is 0 Å². The molecule has 0 aliphatic carbocycles. The third kappa shape index (κ3) is 5.56. The molecule has 1 aliphatic rings. The van der Waals surface area contributed by atoms with Crippen molar-refractivity contribution in [3.8, 4) is 11.5 Å². The van der Waals surface area contributed by atoms with Crippen molar-refractivity contribution >= 4 is 22.7 Å². The van der Waals surface area contributed by atoms with Gasteiger partial charge < -0.3 is 14.1 Å². The molecule has 3 rings (SSSR count). The second kappa shape index (κ2) is 10.0. The second-order valence-corrected chi connectivity index (χ2v) is 8.98. The van der Waals surface area contributed by atoms with Gasteiger partial charge in [0.2, 0.25) is 11.8 Å². The SMILES string of the molecule is CCOC(=O)C1CCN(C(=O)C[S@@](=O)Cc2nc(-c3ccc(C)cc3)oc2C)CC1. The van der Waals surface area contributed by atoms with Gasteiger partial charge in [0.05, 0.1) is 24.0 Å². The molecule has 7 nitrogen and oxygen atoms in total. The molecule has 30 heavy (non-hydrogen) atoms. The average Bonchev–Trinajstić information content (AvgIpc) is 3.08. The molecule has 1 aliphatic heterocycles. The lowest BCUT2D eigenvalue weighted by atomic mass is 9.97. The van der Waals surface area contributed by atoms with Crippen molar-refractivity contribution in [2.45, 2.75) is 39.4 Å². The first-order valence-electron chi connectivity index (χ1n) is 10.2. The molecule has 0 saturated carbocycles. The minimum Gasteiger partial charge on any atom is -0.466 e. The van der Waals surface area contributed by atoms with E-state index in [1.54, 1.807) is 18.7 Å². The quantitative estimate of drug-likeness (QED) is 0.625. The van der Waals surface area contributed by atoms with E-state index in [4.69, 9.17) is 9.15 Å². The number of carbonyl (C=O) groups is 2. The maximum absolute atomic E-state index is 12.6. The summed E-state index contributed by atoms with van der Waals surface area (Å²) in [7, 11) is -1.39. The van der Waals surface area contributed by atoms with Gasteiger partial charge in [0, 0.05) is 29.5 Å². The molecule has 0 N–H and O–H groups in total. The monoisotopic (exact) mass is 432 g/mol. The number of nitrogens with zero attached hydrogens (tertiary/aromatic N) is 2. The first-order chi connectivity index (χ1) is 14.4. The van der Waals surface area contributed by atoms with E-state index in [2.05, 4.69) is 4.98 Å². The number of hydrogen-bond acceptors (Lipinski definition) is 6. The number of aromatic nitrogens is 1. The zero-order valence-electron chi connectivity index (χ0n) is 17.7. The molecule has 162 valence electrons. The van der Waals surface area contributed by atoms with Crippen molar-refractivity contribution in [1.29, 1.82) is 0 Å². The summed E-state index contributed by atoms with van der Waals surface area (Å²) in [5.74, 6) is 0.711. The fourth-order valence-corrected chi connectivity index (χ4v) is 4.57. The zero-order chi connectivity index (χ0) is 21.7. The number of carbonyl (C=O) groups excluding carboxylic acids is 2. The summed E-state index contributed by atoms with van der Waals surface area (Å²) >= 11 is 0. The summed E-state index contributed by atoms with van der Waals surface area (Å²) in [5.41, 5.74) is 2.62. The first kappa shape index (κ1) is 22.2. The Morgan fingerprint density at radius 1 is 1.20 bits per heavy atom. The minimum absolute atomic E-state index is 0.0593. The van der Waals surface area contributed by atoms with Crippen LogP contribution in [0.4, 0.5) is 0 Å². The third-order valence-electron chi connectivity index (χ3n) is 5.24. The van der Waals surface area contributed by atoms with Crippen LogP contribution in [0.25, 0.3) is 11.5 Å². The number of hydrogen-bond donors (Lipinski definition) is 0. The molecule has 1 aromatic carbocycles. The first-order valence-corrected chi connectivity index (χ1v) is 11.7. The standard InChI is InChI=1S/C22H28N2O5S/c1-4-28-22(26)18-9-11-24(12-10-18)20(25)14-30(27)13-19-16(3)29-21(23-19)17-7-5-15(2)6-8-17/h5-8,18H,4,9-14H2,1-3H3/t30-/m0/s1. The lowest BCUT2D eigenvalue weighted by Crippen LogP contribution is -2.42. The van der Waals surface area contributed by atoms with Crippen LogP contribution >= 0.6 is 0 Å². The number of oxazole rings is 1. The van der Waals surface area contributed by atoms with Gasteiger partial charge in [-0.15, -0.1) is 0 Å². The molecule has 0 bridgehead atoms. The highest BCUT2D eigenvalue weighted by Crippen LogP contribution is 2.23. The van der Waals surface area contributed by atoms with E-state index >= 15 is 0 Å². The van der Waals surface area contributed by atoms with Crippen molar-refractivity contribution in [3.05, 3.63) is 41.3 Å². The van der Waals surface area contributed by atoms with Gasteiger partial charge >= 0.3 is 5.97 Å². The Labute approximate surface area is 179 Å². The lowest BCUT2D eigenvalue weighted by molar-refractivity contribution is -0.151. The van der Waals surface area contributed by atoms with Gasteiger partial charge in [-0.25, -0.2) is 4.98 Å². The number of piperidine rings is 1. The highest BCUT2D eigenvalue weighted by molar-refractivity contribution is 7.84. The summed E-state index contributed by atoms with van der Waals surface area (Å²) in [6, 6.07) is 7.84. The van der Waals surface area contributed by atoms with Gasteiger partial charge in [0.15, 0.2) is 0 Å².